The Morgan fingerprint density at radius 2 is 1.63 bits per heavy atom. The molecular weight excluding hydrogens is 368 g/mol. The maximum Gasteiger partial charge on any atom is 0.0841 e. The Bertz CT molecular complexity index is 549. The van der Waals surface area contributed by atoms with E-state index in [9.17, 15) is 5.11 Å². The first-order chi connectivity index (χ1) is 9.10. The van der Waals surface area contributed by atoms with Gasteiger partial charge >= 0.3 is 0 Å². The van der Waals surface area contributed by atoms with Crippen molar-refractivity contribution >= 4 is 31.9 Å². The average molecular weight is 384 g/mol. The summed E-state index contributed by atoms with van der Waals surface area (Å²) in [5.41, 5.74) is 3.38. The predicted octanol–water partition coefficient (Wildman–Crippen LogP) is 5.05. The molecule has 0 amide bonds. The van der Waals surface area contributed by atoms with Gasteiger partial charge in [0, 0.05) is 15.4 Å². The Morgan fingerprint density at radius 3 is 2.26 bits per heavy atom. The Kier molecular flexibility index (Phi) is 5.20. The van der Waals surface area contributed by atoms with Crippen molar-refractivity contribution in [3.05, 3.63) is 68.1 Å². The molecule has 0 heterocycles. The van der Waals surface area contributed by atoms with E-state index in [2.05, 4.69) is 63.0 Å². The highest BCUT2D eigenvalue weighted by Gasteiger charge is 2.12. The maximum atomic E-state index is 10.4. The van der Waals surface area contributed by atoms with E-state index in [4.69, 9.17) is 0 Å². The van der Waals surface area contributed by atoms with E-state index in [-0.39, 0.29) is 0 Å². The summed E-state index contributed by atoms with van der Waals surface area (Å²) in [5.74, 6) is 0. The lowest BCUT2D eigenvalue weighted by Gasteiger charge is -2.14. The minimum atomic E-state index is -0.501. The van der Waals surface area contributed by atoms with Crippen molar-refractivity contribution in [1.82, 2.24) is 0 Å². The third-order valence-electron chi connectivity index (χ3n) is 3.18. The normalized spacial score (nSPS) is 12.4. The number of benzene rings is 2. The molecule has 1 atom stereocenters. The highest BCUT2D eigenvalue weighted by Crippen LogP contribution is 2.29. The third kappa shape index (κ3) is 3.91. The summed E-state index contributed by atoms with van der Waals surface area (Å²) in [5, 5.41) is 10.4. The summed E-state index contributed by atoms with van der Waals surface area (Å²) in [7, 11) is 0. The van der Waals surface area contributed by atoms with E-state index >= 15 is 0 Å². The van der Waals surface area contributed by atoms with Crippen LogP contribution >= 0.6 is 31.9 Å². The monoisotopic (exact) mass is 382 g/mol. The summed E-state index contributed by atoms with van der Waals surface area (Å²) >= 11 is 6.92. The van der Waals surface area contributed by atoms with E-state index in [1.165, 1.54) is 5.56 Å². The average Bonchev–Trinajstić information content (AvgIpc) is 2.42. The molecule has 3 heteroatoms. The molecule has 0 aromatic heterocycles. The van der Waals surface area contributed by atoms with E-state index in [1.807, 2.05) is 18.2 Å². The van der Waals surface area contributed by atoms with Crippen molar-refractivity contribution in [1.29, 1.82) is 0 Å². The lowest BCUT2D eigenvalue weighted by molar-refractivity contribution is 0.177. The zero-order valence-corrected chi connectivity index (χ0v) is 13.9. The Morgan fingerprint density at radius 1 is 1.00 bits per heavy atom. The van der Waals surface area contributed by atoms with E-state index < -0.39 is 6.10 Å². The molecule has 0 aliphatic carbocycles. The first-order valence-electron chi connectivity index (χ1n) is 6.31. The van der Waals surface area contributed by atoms with Crippen molar-refractivity contribution in [2.45, 2.75) is 25.9 Å². The van der Waals surface area contributed by atoms with Crippen molar-refractivity contribution < 1.29 is 5.11 Å². The van der Waals surface area contributed by atoms with Crippen LogP contribution in [0.15, 0.2) is 51.4 Å². The van der Waals surface area contributed by atoms with Gasteiger partial charge in [-0.15, -0.1) is 0 Å². The van der Waals surface area contributed by atoms with Crippen LogP contribution in [0.3, 0.4) is 0 Å². The number of aryl methyl sites for hydroxylation is 1. The lowest BCUT2D eigenvalue weighted by atomic mass is 10.0. The molecule has 0 saturated heterocycles. The number of hydrogen-bond donors (Lipinski definition) is 1. The standard InChI is InChI=1S/C16H16Br2O/c1-2-11-3-5-12(6-4-11)9-16(19)14-10-13(17)7-8-15(14)18/h3-8,10,16,19H,2,9H2,1H3. The quantitative estimate of drug-likeness (QED) is 0.783. The molecule has 19 heavy (non-hydrogen) atoms. The molecule has 2 rings (SSSR count). The van der Waals surface area contributed by atoms with Crippen molar-refractivity contribution in [2.75, 3.05) is 0 Å². The van der Waals surface area contributed by atoms with Gasteiger partial charge < -0.3 is 5.11 Å². The summed E-state index contributed by atoms with van der Waals surface area (Å²) in [6.45, 7) is 2.14. The Hall–Kier alpha value is -0.640. The molecule has 100 valence electrons. The highest BCUT2D eigenvalue weighted by molar-refractivity contribution is 9.11. The first kappa shape index (κ1) is 14.8. The molecule has 0 saturated carbocycles. The van der Waals surface area contributed by atoms with Crippen LogP contribution in [-0.4, -0.2) is 5.11 Å². The van der Waals surface area contributed by atoms with E-state index in [0.717, 1.165) is 26.5 Å². The van der Waals surface area contributed by atoms with Gasteiger partial charge in [-0.25, -0.2) is 0 Å². The van der Waals surface area contributed by atoms with Crippen LogP contribution in [0.4, 0.5) is 0 Å². The molecule has 2 aromatic rings. The predicted molar refractivity (Wildman–Crippen MR) is 86.3 cm³/mol. The van der Waals surface area contributed by atoms with Crippen LogP contribution in [0.2, 0.25) is 0 Å². The largest absolute Gasteiger partial charge is 0.388 e. The molecule has 0 radical (unpaired) electrons. The molecular formula is C16H16Br2O. The fraction of sp³-hybridized carbons (Fsp3) is 0.250. The van der Waals surface area contributed by atoms with Crippen LogP contribution in [-0.2, 0) is 12.8 Å². The second kappa shape index (κ2) is 6.69. The molecule has 1 nitrogen and oxygen atoms in total. The van der Waals surface area contributed by atoms with Gasteiger partial charge in [-0.1, -0.05) is 63.0 Å². The first-order valence-corrected chi connectivity index (χ1v) is 7.89. The molecule has 0 aliphatic heterocycles. The molecule has 0 fully saturated rings. The van der Waals surface area contributed by atoms with Gasteiger partial charge in [-0.3, -0.25) is 0 Å². The van der Waals surface area contributed by atoms with Gasteiger partial charge in [-0.05, 0) is 41.3 Å². The third-order valence-corrected chi connectivity index (χ3v) is 4.39. The van der Waals surface area contributed by atoms with E-state index in [1.54, 1.807) is 0 Å². The lowest BCUT2D eigenvalue weighted by Crippen LogP contribution is -2.03. The van der Waals surface area contributed by atoms with Gasteiger partial charge in [0.05, 0.1) is 6.10 Å². The second-order valence-electron chi connectivity index (χ2n) is 4.56. The van der Waals surface area contributed by atoms with Crippen molar-refractivity contribution in [2.24, 2.45) is 0 Å². The highest BCUT2D eigenvalue weighted by atomic mass is 79.9. The van der Waals surface area contributed by atoms with Crippen LogP contribution in [0.1, 0.15) is 29.7 Å². The number of aliphatic hydroxyl groups excluding tert-OH is 1. The van der Waals surface area contributed by atoms with Crippen molar-refractivity contribution in [3.8, 4) is 0 Å². The fourth-order valence-corrected chi connectivity index (χ4v) is 2.90. The zero-order valence-electron chi connectivity index (χ0n) is 10.7. The second-order valence-corrected chi connectivity index (χ2v) is 6.33. The van der Waals surface area contributed by atoms with Crippen molar-refractivity contribution in [3.63, 3.8) is 0 Å². The zero-order chi connectivity index (χ0) is 13.8. The van der Waals surface area contributed by atoms with E-state index in [0.29, 0.717) is 6.42 Å². The molecule has 2 aromatic carbocycles. The Balaban J connectivity index is 2.15. The SMILES string of the molecule is CCc1ccc(CC(O)c2cc(Br)ccc2Br)cc1. The molecule has 1 N–H and O–H groups in total. The van der Waals surface area contributed by atoms with Gasteiger partial charge in [0.1, 0.15) is 0 Å². The van der Waals surface area contributed by atoms with Gasteiger partial charge in [0.2, 0.25) is 0 Å². The van der Waals surface area contributed by atoms with Crippen LogP contribution < -0.4 is 0 Å². The molecule has 0 spiro atoms. The van der Waals surface area contributed by atoms with Gasteiger partial charge in [-0.2, -0.15) is 0 Å². The van der Waals surface area contributed by atoms with Crippen LogP contribution in [0, 0.1) is 0 Å². The van der Waals surface area contributed by atoms with Gasteiger partial charge in [0.25, 0.3) is 0 Å². The van der Waals surface area contributed by atoms with Gasteiger partial charge in [0.15, 0.2) is 0 Å². The Labute approximate surface area is 130 Å². The topological polar surface area (TPSA) is 20.2 Å². The van der Waals surface area contributed by atoms with Crippen LogP contribution in [0.5, 0.6) is 0 Å². The summed E-state index contributed by atoms with van der Waals surface area (Å²) in [6.07, 6.45) is 1.17. The molecule has 0 aliphatic rings. The molecule has 0 bridgehead atoms. The number of aliphatic hydroxyl groups is 1. The number of rotatable bonds is 4. The van der Waals surface area contributed by atoms with Crippen LogP contribution in [0.25, 0.3) is 0 Å². The minimum Gasteiger partial charge on any atom is -0.388 e. The summed E-state index contributed by atoms with van der Waals surface area (Å²) < 4.78 is 1.92. The summed E-state index contributed by atoms with van der Waals surface area (Å²) in [6, 6.07) is 14.3. The summed E-state index contributed by atoms with van der Waals surface area (Å²) in [4.78, 5) is 0. The number of halogens is 2. The number of hydrogen-bond acceptors (Lipinski definition) is 1. The smallest absolute Gasteiger partial charge is 0.0841 e. The maximum absolute atomic E-state index is 10.4. The fourth-order valence-electron chi connectivity index (χ4n) is 2.01. The molecule has 1 unspecified atom stereocenters. The minimum absolute atomic E-state index is 0.501.